The van der Waals surface area contributed by atoms with Crippen LogP contribution in [-0.2, 0) is 4.79 Å². The molecule has 5 nitrogen and oxygen atoms in total. The zero-order valence-electron chi connectivity index (χ0n) is 8.61. The molecule has 1 rings (SSSR count). The molecule has 1 unspecified atom stereocenters. The minimum atomic E-state index is -0.329. The van der Waals surface area contributed by atoms with Crippen molar-refractivity contribution in [3.05, 3.63) is 24.0 Å². The van der Waals surface area contributed by atoms with Gasteiger partial charge < -0.3 is 10.6 Å². The number of nitrogens with zero attached hydrogens (tertiary/aromatic N) is 2. The van der Waals surface area contributed by atoms with E-state index in [2.05, 4.69) is 15.6 Å². The number of hydrogen-bond donors (Lipinski definition) is 2. The summed E-state index contributed by atoms with van der Waals surface area (Å²) in [6.07, 6.45) is 1.53. The first kappa shape index (κ1) is 11.0. The summed E-state index contributed by atoms with van der Waals surface area (Å²) in [4.78, 5) is 15.1. The van der Waals surface area contributed by atoms with Crippen molar-refractivity contribution < 1.29 is 4.79 Å². The third-order valence-corrected chi connectivity index (χ3v) is 1.90. The third kappa shape index (κ3) is 2.95. The highest BCUT2D eigenvalue weighted by atomic mass is 16.2. The largest absolute Gasteiger partial charge is 0.373 e. The quantitative estimate of drug-likeness (QED) is 0.751. The van der Waals surface area contributed by atoms with E-state index in [1.165, 1.54) is 6.20 Å². The van der Waals surface area contributed by atoms with Crippen LogP contribution in [0.25, 0.3) is 0 Å². The van der Waals surface area contributed by atoms with E-state index in [4.69, 9.17) is 5.26 Å². The second kappa shape index (κ2) is 4.96. The zero-order chi connectivity index (χ0) is 11.3. The number of rotatable bonds is 3. The van der Waals surface area contributed by atoms with Gasteiger partial charge in [-0.05, 0) is 19.1 Å². The van der Waals surface area contributed by atoms with Crippen molar-refractivity contribution in [3.63, 3.8) is 0 Å². The number of nitrogens with one attached hydrogen (secondary N) is 2. The number of aromatic nitrogens is 1. The first-order valence-electron chi connectivity index (χ1n) is 4.51. The van der Waals surface area contributed by atoms with Crippen molar-refractivity contribution in [3.8, 4) is 6.07 Å². The van der Waals surface area contributed by atoms with Gasteiger partial charge in [0.25, 0.3) is 0 Å². The second-order valence-corrected chi connectivity index (χ2v) is 3.02. The average molecular weight is 204 g/mol. The molecule has 1 amide bonds. The maximum atomic E-state index is 11.2. The van der Waals surface area contributed by atoms with Crippen molar-refractivity contribution in [1.82, 2.24) is 10.3 Å². The topological polar surface area (TPSA) is 77.8 Å². The van der Waals surface area contributed by atoms with Gasteiger partial charge in [-0.3, -0.25) is 4.79 Å². The van der Waals surface area contributed by atoms with Gasteiger partial charge in [0.05, 0.1) is 11.9 Å². The standard InChI is InChI=1S/C10H12N4O/c1-7(10(15)12-2)14-9-4-3-8(5-11)13-6-9/h3-4,6-7,14H,1-2H3,(H,12,15). The molecule has 0 aliphatic heterocycles. The van der Waals surface area contributed by atoms with Crippen LogP contribution in [0.1, 0.15) is 12.6 Å². The average Bonchev–Trinajstić information content (AvgIpc) is 2.29. The van der Waals surface area contributed by atoms with Crippen LogP contribution in [0.15, 0.2) is 18.3 Å². The SMILES string of the molecule is CNC(=O)C(C)Nc1ccc(C#N)nc1. The molecule has 5 heteroatoms. The number of amides is 1. The zero-order valence-corrected chi connectivity index (χ0v) is 8.61. The van der Waals surface area contributed by atoms with Crippen LogP contribution in [0.2, 0.25) is 0 Å². The highest BCUT2D eigenvalue weighted by Crippen LogP contribution is 2.07. The summed E-state index contributed by atoms with van der Waals surface area (Å²) in [6, 6.07) is 4.90. The molecule has 2 N–H and O–H groups in total. The highest BCUT2D eigenvalue weighted by molar-refractivity contribution is 5.83. The van der Waals surface area contributed by atoms with Gasteiger partial charge in [-0.15, -0.1) is 0 Å². The van der Waals surface area contributed by atoms with Crippen molar-refractivity contribution in [1.29, 1.82) is 5.26 Å². The molecular weight excluding hydrogens is 192 g/mol. The Morgan fingerprint density at radius 2 is 2.33 bits per heavy atom. The lowest BCUT2D eigenvalue weighted by atomic mass is 10.3. The first-order valence-corrected chi connectivity index (χ1v) is 4.51. The van der Waals surface area contributed by atoms with Crippen LogP contribution in [-0.4, -0.2) is 24.0 Å². The van der Waals surface area contributed by atoms with E-state index >= 15 is 0 Å². The Balaban J connectivity index is 2.66. The Morgan fingerprint density at radius 3 is 2.80 bits per heavy atom. The number of carbonyl (C=O) groups excluding carboxylic acids is 1. The molecule has 0 aromatic carbocycles. The van der Waals surface area contributed by atoms with Crippen molar-refractivity contribution in [2.75, 3.05) is 12.4 Å². The number of pyridine rings is 1. The minimum Gasteiger partial charge on any atom is -0.373 e. The van der Waals surface area contributed by atoms with Gasteiger partial charge in [-0.2, -0.15) is 5.26 Å². The fourth-order valence-electron chi connectivity index (χ4n) is 1.08. The van der Waals surface area contributed by atoms with E-state index in [0.29, 0.717) is 11.4 Å². The van der Waals surface area contributed by atoms with E-state index < -0.39 is 0 Å². The highest BCUT2D eigenvalue weighted by Gasteiger charge is 2.09. The summed E-state index contributed by atoms with van der Waals surface area (Å²) >= 11 is 0. The summed E-state index contributed by atoms with van der Waals surface area (Å²) in [5.41, 5.74) is 1.07. The molecular formula is C10H12N4O. The molecule has 0 saturated heterocycles. The lowest BCUT2D eigenvalue weighted by Crippen LogP contribution is -2.35. The van der Waals surface area contributed by atoms with Gasteiger partial charge in [-0.25, -0.2) is 4.98 Å². The normalized spacial score (nSPS) is 11.3. The van der Waals surface area contributed by atoms with Crippen LogP contribution in [0.3, 0.4) is 0 Å². The number of nitriles is 1. The van der Waals surface area contributed by atoms with Gasteiger partial charge in [0.2, 0.25) is 5.91 Å². The molecule has 0 spiro atoms. The Morgan fingerprint density at radius 1 is 1.60 bits per heavy atom. The first-order chi connectivity index (χ1) is 7.17. The van der Waals surface area contributed by atoms with E-state index in [-0.39, 0.29) is 11.9 Å². The number of carbonyl (C=O) groups is 1. The summed E-state index contributed by atoms with van der Waals surface area (Å²) < 4.78 is 0. The van der Waals surface area contributed by atoms with E-state index in [0.717, 1.165) is 0 Å². The van der Waals surface area contributed by atoms with Gasteiger partial charge in [-0.1, -0.05) is 0 Å². The molecule has 0 aliphatic carbocycles. The molecule has 15 heavy (non-hydrogen) atoms. The Labute approximate surface area is 88.1 Å². The molecule has 1 aromatic heterocycles. The molecule has 1 heterocycles. The lowest BCUT2D eigenvalue weighted by Gasteiger charge is -2.12. The number of likely N-dealkylation sites (N-methyl/N-ethyl adjacent to an activating group) is 1. The van der Waals surface area contributed by atoms with Crippen LogP contribution >= 0.6 is 0 Å². The molecule has 0 fully saturated rings. The number of anilines is 1. The summed E-state index contributed by atoms with van der Waals surface area (Å²) in [7, 11) is 1.58. The molecule has 0 bridgehead atoms. The molecule has 0 saturated carbocycles. The molecule has 0 radical (unpaired) electrons. The third-order valence-electron chi connectivity index (χ3n) is 1.90. The molecule has 0 aliphatic rings. The Bertz CT molecular complexity index is 379. The maximum Gasteiger partial charge on any atom is 0.241 e. The van der Waals surface area contributed by atoms with Crippen LogP contribution in [0.4, 0.5) is 5.69 Å². The van der Waals surface area contributed by atoms with Crippen molar-refractivity contribution in [2.45, 2.75) is 13.0 Å². The van der Waals surface area contributed by atoms with Crippen LogP contribution in [0, 0.1) is 11.3 Å². The van der Waals surface area contributed by atoms with Gasteiger partial charge in [0, 0.05) is 7.05 Å². The predicted molar refractivity (Wildman–Crippen MR) is 56.1 cm³/mol. The molecule has 1 aromatic rings. The molecule has 78 valence electrons. The van der Waals surface area contributed by atoms with Crippen LogP contribution < -0.4 is 10.6 Å². The Kier molecular flexibility index (Phi) is 3.63. The molecule has 1 atom stereocenters. The lowest BCUT2D eigenvalue weighted by molar-refractivity contribution is -0.121. The fourth-order valence-corrected chi connectivity index (χ4v) is 1.08. The fraction of sp³-hybridized carbons (Fsp3) is 0.300. The van der Waals surface area contributed by atoms with E-state index in [1.807, 2.05) is 6.07 Å². The van der Waals surface area contributed by atoms with E-state index in [1.54, 1.807) is 26.1 Å². The predicted octanol–water partition coefficient (Wildman–Crippen LogP) is 0.500. The smallest absolute Gasteiger partial charge is 0.241 e. The number of hydrogen-bond acceptors (Lipinski definition) is 4. The summed E-state index contributed by atoms with van der Waals surface area (Å²) in [5, 5.41) is 14.0. The van der Waals surface area contributed by atoms with Gasteiger partial charge >= 0.3 is 0 Å². The monoisotopic (exact) mass is 204 g/mol. The van der Waals surface area contributed by atoms with E-state index in [9.17, 15) is 4.79 Å². The summed E-state index contributed by atoms with van der Waals surface area (Å²) in [5.74, 6) is -0.0978. The second-order valence-electron chi connectivity index (χ2n) is 3.02. The van der Waals surface area contributed by atoms with Crippen molar-refractivity contribution in [2.24, 2.45) is 0 Å². The summed E-state index contributed by atoms with van der Waals surface area (Å²) in [6.45, 7) is 1.75. The maximum absolute atomic E-state index is 11.2. The van der Waals surface area contributed by atoms with Crippen molar-refractivity contribution >= 4 is 11.6 Å². The van der Waals surface area contributed by atoms with Crippen LogP contribution in [0.5, 0.6) is 0 Å². The Hall–Kier alpha value is -2.09. The minimum absolute atomic E-state index is 0.0978. The van der Waals surface area contributed by atoms with Gasteiger partial charge in [0.15, 0.2) is 0 Å². The van der Waals surface area contributed by atoms with Gasteiger partial charge in [0.1, 0.15) is 17.8 Å².